The molecule has 0 fully saturated rings. The van der Waals surface area contributed by atoms with Crippen molar-refractivity contribution in [1.29, 1.82) is 0 Å². The van der Waals surface area contributed by atoms with Crippen LogP contribution < -0.4 is 4.74 Å². The molecule has 2 aromatic rings. The van der Waals surface area contributed by atoms with Gasteiger partial charge in [-0.1, -0.05) is 48.9 Å². The van der Waals surface area contributed by atoms with Gasteiger partial charge in [-0.2, -0.15) is 0 Å². The Bertz CT molecular complexity index is 608. The molecule has 0 aromatic heterocycles. The molecular weight excluding hydrogens is 284 g/mol. The minimum atomic E-state index is -0.0881. The molecular formula is C18H19ClO2. The second-order valence-electron chi connectivity index (χ2n) is 4.97. The van der Waals surface area contributed by atoms with E-state index in [1.165, 1.54) is 0 Å². The molecule has 0 radical (unpaired) electrons. The number of hydrogen-bond donors (Lipinski definition) is 0. The van der Waals surface area contributed by atoms with Crippen LogP contribution in [0.25, 0.3) is 0 Å². The lowest BCUT2D eigenvalue weighted by Gasteiger charge is -2.15. The van der Waals surface area contributed by atoms with Crippen molar-refractivity contribution in [2.75, 3.05) is 7.11 Å². The van der Waals surface area contributed by atoms with Crippen LogP contribution in [0.3, 0.4) is 0 Å². The first kappa shape index (κ1) is 15.6. The van der Waals surface area contributed by atoms with Crippen molar-refractivity contribution in [2.45, 2.75) is 25.7 Å². The van der Waals surface area contributed by atoms with Gasteiger partial charge in [0.1, 0.15) is 11.5 Å². The van der Waals surface area contributed by atoms with Crippen molar-refractivity contribution in [3.05, 3.63) is 64.7 Å². The molecule has 0 aliphatic rings. The second-order valence-corrected chi connectivity index (χ2v) is 5.41. The third kappa shape index (κ3) is 3.85. The minimum absolute atomic E-state index is 0.0881. The lowest BCUT2D eigenvalue weighted by molar-refractivity contribution is -0.119. The fourth-order valence-electron chi connectivity index (χ4n) is 2.53. The van der Waals surface area contributed by atoms with Crippen LogP contribution in [0.5, 0.6) is 5.75 Å². The highest BCUT2D eigenvalue weighted by atomic mass is 35.5. The SMILES string of the molecule is CCC(C(=O)Cc1cc(Cl)ccc1OC)c1ccccc1. The largest absolute Gasteiger partial charge is 0.496 e. The van der Waals surface area contributed by atoms with Crippen molar-refractivity contribution < 1.29 is 9.53 Å². The van der Waals surface area contributed by atoms with E-state index in [1.54, 1.807) is 25.3 Å². The maximum atomic E-state index is 12.6. The van der Waals surface area contributed by atoms with E-state index in [2.05, 4.69) is 0 Å². The summed E-state index contributed by atoms with van der Waals surface area (Å²) in [6.07, 6.45) is 1.11. The van der Waals surface area contributed by atoms with E-state index in [1.807, 2.05) is 37.3 Å². The number of hydrogen-bond acceptors (Lipinski definition) is 2. The average Bonchev–Trinajstić information content (AvgIpc) is 2.49. The molecule has 0 saturated carbocycles. The minimum Gasteiger partial charge on any atom is -0.496 e. The Balaban J connectivity index is 2.22. The topological polar surface area (TPSA) is 26.3 Å². The maximum Gasteiger partial charge on any atom is 0.144 e. The lowest BCUT2D eigenvalue weighted by atomic mass is 9.89. The predicted octanol–water partition coefficient (Wildman–Crippen LogP) is 4.65. The molecule has 1 unspecified atom stereocenters. The van der Waals surface area contributed by atoms with Crippen molar-refractivity contribution in [3.63, 3.8) is 0 Å². The number of carbonyl (C=O) groups excluding carboxylic acids is 1. The molecule has 0 heterocycles. The fourth-order valence-corrected chi connectivity index (χ4v) is 2.73. The third-order valence-electron chi connectivity index (χ3n) is 3.61. The first-order valence-corrected chi connectivity index (χ1v) is 7.43. The zero-order valence-electron chi connectivity index (χ0n) is 12.3. The number of Topliss-reactive ketones (excluding diaryl/α,β-unsaturated/α-hetero) is 1. The summed E-state index contributed by atoms with van der Waals surface area (Å²) in [4.78, 5) is 12.6. The highest BCUT2D eigenvalue weighted by Crippen LogP contribution is 2.27. The van der Waals surface area contributed by atoms with Gasteiger partial charge in [-0.3, -0.25) is 4.79 Å². The van der Waals surface area contributed by atoms with E-state index < -0.39 is 0 Å². The summed E-state index contributed by atoms with van der Waals surface area (Å²) < 4.78 is 5.31. The maximum absolute atomic E-state index is 12.6. The van der Waals surface area contributed by atoms with Gasteiger partial charge in [-0.25, -0.2) is 0 Å². The standard InChI is InChI=1S/C18H19ClO2/c1-3-16(13-7-5-4-6-8-13)17(20)12-14-11-15(19)9-10-18(14)21-2/h4-11,16H,3,12H2,1-2H3. The van der Waals surface area contributed by atoms with Gasteiger partial charge in [-0.15, -0.1) is 0 Å². The molecule has 0 spiro atoms. The number of ketones is 1. The van der Waals surface area contributed by atoms with E-state index in [0.29, 0.717) is 17.2 Å². The molecule has 0 N–H and O–H groups in total. The first-order valence-electron chi connectivity index (χ1n) is 7.05. The van der Waals surface area contributed by atoms with Gasteiger partial charge in [0, 0.05) is 22.9 Å². The zero-order valence-corrected chi connectivity index (χ0v) is 13.1. The van der Waals surface area contributed by atoms with Crippen LogP contribution >= 0.6 is 11.6 Å². The number of methoxy groups -OCH3 is 1. The Morgan fingerprint density at radius 1 is 1.19 bits per heavy atom. The second kappa shape index (κ2) is 7.28. The monoisotopic (exact) mass is 302 g/mol. The molecule has 1 atom stereocenters. The van der Waals surface area contributed by atoms with Crippen LogP contribution in [0.1, 0.15) is 30.4 Å². The number of carbonyl (C=O) groups is 1. The summed E-state index contributed by atoms with van der Waals surface area (Å²) >= 11 is 6.02. The molecule has 2 rings (SSSR count). The van der Waals surface area contributed by atoms with E-state index in [0.717, 1.165) is 17.5 Å². The van der Waals surface area contributed by atoms with Gasteiger partial charge in [0.2, 0.25) is 0 Å². The summed E-state index contributed by atoms with van der Waals surface area (Å²) in [5.74, 6) is 0.801. The molecule has 110 valence electrons. The van der Waals surface area contributed by atoms with E-state index in [9.17, 15) is 4.79 Å². The van der Waals surface area contributed by atoms with Crippen LogP contribution in [-0.2, 0) is 11.2 Å². The summed E-state index contributed by atoms with van der Waals surface area (Å²) in [5, 5.41) is 0.617. The molecule has 0 aliphatic heterocycles. The highest BCUT2D eigenvalue weighted by molar-refractivity contribution is 6.30. The molecule has 3 heteroatoms. The summed E-state index contributed by atoms with van der Waals surface area (Å²) in [6.45, 7) is 2.03. The molecule has 2 aromatic carbocycles. The molecule has 0 saturated heterocycles. The molecule has 0 amide bonds. The Morgan fingerprint density at radius 2 is 1.90 bits per heavy atom. The van der Waals surface area contributed by atoms with Crippen LogP contribution in [0.2, 0.25) is 5.02 Å². The van der Waals surface area contributed by atoms with Gasteiger partial charge in [0.15, 0.2) is 0 Å². The third-order valence-corrected chi connectivity index (χ3v) is 3.84. The van der Waals surface area contributed by atoms with Gasteiger partial charge >= 0.3 is 0 Å². The molecule has 0 bridgehead atoms. The number of ether oxygens (including phenoxy) is 1. The number of benzene rings is 2. The van der Waals surface area contributed by atoms with Crippen molar-refractivity contribution in [3.8, 4) is 5.75 Å². The van der Waals surface area contributed by atoms with E-state index >= 15 is 0 Å². The first-order chi connectivity index (χ1) is 10.2. The summed E-state index contributed by atoms with van der Waals surface area (Å²) in [6, 6.07) is 15.3. The average molecular weight is 303 g/mol. The van der Waals surface area contributed by atoms with Gasteiger partial charge < -0.3 is 4.74 Å². The highest BCUT2D eigenvalue weighted by Gasteiger charge is 2.20. The van der Waals surface area contributed by atoms with Crippen molar-refractivity contribution in [1.82, 2.24) is 0 Å². The Kier molecular flexibility index (Phi) is 5.40. The Morgan fingerprint density at radius 3 is 2.52 bits per heavy atom. The normalized spacial score (nSPS) is 12.0. The number of halogens is 1. The Hall–Kier alpha value is -1.80. The molecule has 0 aliphatic carbocycles. The van der Waals surface area contributed by atoms with Gasteiger partial charge in [0.05, 0.1) is 7.11 Å². The predicted molar refractivity (Wildman–Crippen MR) is 86.2 cm³/mol. The smallest absolute Gasteiger partial charge is 0.144 e. The van der Waals surface area contributed by atoms with Crippen molar-refractivity contribution in [2.24, 2.45) is 0 Å². The molecule has 2 nitrogen and oxygen atoms in total. The van der Waals surface area contributed by atoms with E-state index in [4.69, 9.17) is 16.3 Å². The molecule has 21 heavy (non-hydrogen) atoms. The van der Waals surface area contributed by atoms with Crippen LogP contribution in [0.4, 0.5) is 0 Å². The van der Waals surface area contributed by atoms with Crippen LogP contribution in [0.15, 0.2) is 48.5 Å². The van der Waals surface area contributed by atoms with Gasteiger partial charge in [-0.05, 0) is 30.2 Å². The zero-order chi connectivity index (χ0) is 15.2. The lowest BCUT2D eigenvalue weighted by Crippen LogP contribution is -2.15. The quantitative estimate of drug-likeness (QED) is 0.776. The summed E-state index contributed by atoms with van der Waals surface area (Å²) in [5.41, 5.74) is 1.90. The van der Waals surface area contributed by atoms with Crippen LogP contribution in [-0.4, -0.2) is 12.9 Å². The fraction of sp³-hybridized carbons (Fsp3) is 0.278. The van der Waals surface area contributed by atoms with Gasteiger partial charge in [0.25, 0.3) is 0 Å². The number of rotatable bonds is 6. The van der Waals surface area contributed by atoms with Crippen LogP contribution in [0, 0.1) is 0 Å². The Labute approximate surface area is 130 Å². The summed E-state index contributed by atoms with van der Waals surface area (Å²) in [7, 11) is 1.60. The van der Waals surface area contributed by atoms with E-state index in [-0.39, 0.29) is 11.7 Å². The van der Waals surface area contributed by atoms with Crippen molar-refractivity contribution >= 4 is 17.4 Å².